The third-order valence-electron chi connectivity index (χ3n) is 4.58. The van der Waals surface area contributed by atoms with Gasteiger partial charge in [-0.05, 0) is 30.7 Å². The zero-order chi connectivity index (χ0) is 19.9. The summed E-state index contributed by atoms with van der Waals surface area (Å²) in [5.41, 5.74) is 5.78. The van der Waals surface area contributed by atoms with E-state index < -0.39 is 6.67 Å². The van der Waals surface area contributed by atoms with E-state index in [1.807, 2.05) is 17.9 Å². The Bertz CT molecular complexity index is 952. The van der Waals surface area contributed by atoms with Crippen LogP contribution in [0, 0.1) is 0 Å². The Balaban J connectivity index is 0.000000163. The molecule has 0 saturated carbocycles. The first-order chi connectivity index (χ1) is 13.6. The van der Waals surface area contributed by atoms with E-state index in [-0.39, 0.29) is 12.4 Å². The van der Waals surface area contributed by atoms with E-state index in [4.69, 9.17) is 4.74 Å². The van der Waals surface area contributed by atoms with Gasteiger partial charge in [0.05, 0.1) is 6.20 Å². The van der Waals surface area contributed by atoms with Crippen molar-refractivity contribution in [1.29, 1.82) is 0 Å². The second-order valence-corrected chi connectivity index (χ2v) is 6.55. The van der Waals surface area contributed by atoms with Crippen molar-refractivity contribution >= 4 is 11.5 Å². The molecular formula is C22H24FN3O2. The molecule has 0 bridgehead atoms. The van der Waals surface area contributed by atoms with E-state index in [9.17, 15) is 9.18 Å². The highest BCUT2D eigenvalue weighted by atomic mass is 19.1. The van der Waals surface area contributed by atoms with Gasteiger partial charge in [-0.3, -0.25) is 9.48 Å². The fraction of sp³-hybridized carbons (Fsp3) is 0.273. The van der Waals surface area contributed by atoms with Crippen molar-refractivity contribution in [3.05, 3.63) is 77.1 Å². The predicted molar refractivity (Wildman–Crippen MR) is 108 cm³/mol. The van der Waals surface area contributed by atoms with Crippen molar-refractivity contribution in [3.63, 3.8) is 0 Å². The summed E-state index contributed by atoms with van der Waals surface area (Å²) in [5, 5.41) is 7.73. The van der Waals surface area contributed by atoms with Crippen LogP contribution in [0.4, 0.5) is 10.1 Å². The van der Waals surface area contributed by atoms with Crippen LogP contribution in [-0.4, -0.2) is 28.8 Å². The Morgan fingerprint density at radius 3 is 2.82 bits per heavy atom. The number of carbonyl (C=O) groups is 1. The summed E-state index contributed by atoms with van der Waals surface area (Å²) in [4.78, 5) is 10.9. The number of carbonyl (C=O) groups excluding carboxylic acids is 1. The molecule has 28 heavy (non-hydrogen) atoms. The number of hydrogen-bond donors (Lipinski definition) is 1. The quantitative estimate of drug-likeness (QED) is 0.689. The number of aromatic nitrogens is 2. The Hall–Kier alpha value is -3.15. The minimum atomic E-state index is -0.524. The molecule has 1 aliphatic rings. The second-order valence-electron chi connectivity index (χ2n) is 6.55. The summed E-state index contributed by atoms with van der Waals surface area (Å²) < 4.78 is 18.7. The summed E-state index contributed by atoms with van der Waals surface area (Å²) in [6.45, 7) is 1.86. The first-order valence-corrected chi connectivity index (χ1v) is 9.19. The summed E-state index contributed by atoms with van der Waals surface area (Å²) in [7, 11) is 2.01. The van der Waals surface area contributed by atoms with Gasteiger partial charge in [-0.25, -0.2) is 4.39 Å². The van der Waals surface area contributed by atoms with E-state index in [0.717, 1.165) is 13.0 Å². The number of hydrogen-bond acceptors (Lipinski definition) is 4. The van der Waals surface area contributed by atoms with E-state index in [2.05, 4.69) is 34.7 Å². The molecule has 6 heteroatoms. The molecule has 1 N–H and O–H groups in total. The first-order valence-electron chi connectivity index (χ1n) is 9.19. The SMILES string of the molecule is CC(=O)c1cccc(OCCF)c1.Cn1ncc2c1Cc1ccccc1NC2. The van der Waals surface area contributed by atoms with Crippen molar-refractivity contribution in [3.8, 4) is 5.75 Å². The van der Waals surface area contributed by atoms with Gasteiger partial charge in [-0.1, -0.05) is 30.3 Å². The van der Waals surface area contributed by atoms with E-state index in [1.54, 1.807) is 24.3 Å². The molecule has 0 spiro atoms. The maximum Gasteiger partial charge on any atom is 0.159 e. The fourth-order valence-corrected chi connectivity index (χ4v) is 3.06. The van der Waals surface area contributed by atoms with Crippen LogP contribution in [0.5, 0.6) is 5.75 Å². The minimum absolute atomic E-state index is 0.0225. The van der Waals surface area contributed by atoms with Gasteiger partial charge in [-0.15, -0.1) is 0 Å². The third-order valence-corrected chi connectivity index (χ3v) is 4.58. The molecule has 0 saturated heterocycles. The lowest BCUT2D eigenvalue weighted by Crippen LogP contribution is -2.00. The molecule has 2 heterocycles. The maximum absolute atomic E-state index is 11.7. The Labute approximate surface area is 164 Å². The fourth-order valence-electron chi connectivity index (χ4n) is 3.06. The number of alkyl halides is 1. The highest BCUT2D eigenvalue weighted by molar-refractivity contribution is 5.94. The summed E-state index contributed by atoms with van der Waals surface area (Å²) in [5.74, 6) is 0.510. The Kier molecular flexibility index (Phi) is 6.42. The number of nitrogens with zero attached hydrogens (tertiary/aromatic N) is 2. The van der Waals surface area contributed by atoms with Crippen molar-refractivity contribution in [1.82, 2.24) is 9.78 Å². The van der Waals surface area contributed by atoms with Crippen LogP contribution >= 0.6 is 0 Å². The maximum atomic E-state index is 11.7. The molecule has 146 valence electrons. The monoisotopic (exact) mass is 381 g/mol. The van der Waals surface area contributed by atoms with Crippen molar-refractivity contribution in [2.24, 2.45) is 7.05 Å². The van der Waals surface area contributed by atoms with Crippen molar-refractivity contribution in [2.75, 3.05) is 18.6 Å². The van der Waals surface area contributed by atoms with Crippen LogP contribution < -0.4 is 10.1 Å². The smallest absolute Gasteiger partial charge is 0.159 e. The number of ether oxygens (including phenoxy) is 1. The van der Waals surface area contributed by atoms with Gasteiger partial charge >= 0.3 is 0 Å². The normalized spacial score (nSPS) is 11.8. The van der Waals surface area contributed by atoms with Gasteiger partial charge in [0.15, 0.2) is 5.78 Å². The molecule has 0 fully saturated rings. The molecule has 5 nitrogen and oxygen atoms in total. The topological polar surface area (TPSA) is 56.2 Å². The number of aryl methyl sites for hydroxylation is 1. The lowest BCUT2D eigenvalue weighted by Gasteiger charge is -2.06. The molecule has 0 amide bonds. The number of fused-ring (bicyclic) bond motifs is 2. The summed E-state index contributed by atoms with van der Waals surface area (Å²) >= 11 is 0. The largest absolute Gasteiger partial charge is 0.491 e. The standard InChI is InChI=1S/C12H13N3.C10H11FO2/c1-15-12-6-9-4-2-3-5-11(9)13-7-10(12)8-14-15;1-8(12)9-3-2-4-10(7-9)13-6-5-11/h2-5,8,13H,6-7H2,1H3;2-4,7H,5-6H2,1H3. The molecule has 0 atom stereocenters. The molecule has 0 radical (unpaired) electrons. The Morgan fingerprint density at radius 2 is 2.04 bits per heavy atom. The number of nitrogens with one attached hydrogen (secondary N) is 1. The second kappa shape index (κ2) is 9.17. The third kappa shape index (κ3) is 4.76. The van der Waals surface area contributed by atoms with Gasteiger partial charge in [-0.2, -0.15) is 5.10 Å². The molecule has 4 rings (SSSR count). The van der Waals surface area contributed by atoms with Gasteiger partial charge < -0.3 is 10.1 Å². The number of ketones is 1. The molecule has 3 aromatic rings. The number of rotatable bonds is 4. The van der Waals surface area contributed by atoms with E-state index >= 15 is 0 Å². The summed E-state index contributed by atoms with van der Waals surface area (Å²) in [6, 6.07) is 15.2. The van der Waals surface area contributed by atoms with Crippen LogP contribution in [0.15, 0.2) is 54.7 Å². The Morgan fingerprint density at radius 1 is 1.21 bits per heavy atom. The number of para-hydroxylation sites is 1. The number of benzene rings is 2. The molecule has 0 aliphatic carbocycles. The minimum Gasteiger partial charge on any atom is -0.491 e. The lowest BCUT2D eigenvalue weighted by molar-refractivity contribution is 0.101. The number of halogens is 1. The van der Waals surface area contributed by atoms with Crippen LogP contribution in [-0.2, 0) is 20.0 Å². The van der Waals surface area contributed by atoms with Crippen LogP contribution in [0.25, 0.3) is 0 Å². The van der Waals surface area contributed by atoms with Gasteiger partial charge in [0.2, 0.25) is 0 Å². The zero-order valence-corrected chi connectivity index (χ0v) is 16.1. The highest BCUT2D eigenvalue weighted by Gasteiger charge is 2.15. The van der Waals surface area contributed by atoms with Crippen LogP contribution in [0.2, 0.25) is 0 Å². The first kappa shape index (κ1) is 19.6. The van der Waals surface area contributed by atoms with Crippen LogP contribution in [0.3, 0.4) is 0 Å². The van der Waals surface area contributed by atoms with Crippen molar-refractivity contribution in [2.45, 2.75) is 19.9 Å². The average Bonchev–Trinajstić information content (AvgIpc) is 2.95. The van der Waals surface area contributed by atoms with E-state index in [0.29, 0.717) is 11.3 Å². The molecular weight excluding hydrogens is 357 g/mol. The molecule has 1 aromatic heterocycles. The van der Waals surface area contributed by atoms with Gasteiger partial charge in [0, 0.05) is 42.5 Å². The highest BCUT2D eigenvalue weighted by Crippen LogP contribution is 2.25. The molecule has 2 aromatic carbocycles. The van der Waals surface area contributed by atoms with Crippen LogP contribution in [0.1, 0.15) is 34.1 Å². The lowest BCUT2D eigenvalue weighted by atomic mass is 10.1. The molecule has 0 unspecified atom stereocenters. The number of anilines is 1. The summed E-state index contributed by atoms with van der Waals surface area (Å²) in [6.07, 6.45) is 2.92. The van der Waals surface area contributed by atoms with Gasteiger partial charge in [0.25, 0.3) is 0 Å². The number of Topliss-reactive ketones (excluding diaryl/α,β-unsaturated/α-hetero) is 1. The zero-order valence-electron chi connectivity index (χ0n) is 16.1. The average molecular weight is 381 g/mol. The van der Waals surface area contributed by atoms with E-state index in [1.165, 1.54) is 29.4 Å². The van der Waals surface area contributed by atoms with Crippen molar-refractivity contribution < 1.29 is 13.9 Å². The predicted octanol–water partition coefficient (Wildman–Crippen LogP) is 4.17. The van der Waals surface area contributed by atoms with Gasteiger partial charge in [0.1, 0.15) is 19.0 Å². The molecule has 1 aliphatic heterocycles.